The SMILES string of the molecule is CCN1C(=O)N[C@@H](CCC(F)(F)F)CCCCCOc2nc(cn3ncnc23)-c2cc(ncc2OC)[C@H]1C. The number of nitrogens with one attached hydrogen (secondary N) is 1. The van der Waals surface area contributed by atoms with Crippen LogP contribution in [0.3, 0.4) is 0 Å². The molecule has 206 valence electrons. The molecule has 3 aromatic rings. The van der Waals surface area contributed by atoms with Crippen LogP contribution in [-0.4, -0.2) is 68.0 Å². The Hall–Kier alpha value is -3.64. The summed E-state index contributed by atoms with van der Waals surface area (Å²) in [6.07, 6.45) is 1.70. The molecule has 1 N–H and O–H groups in total. The molecule has 0 radical (unpaired) electrons. The molecule has 2 amide bonds. The number of rotatable bonds is 4. The Balaban J connectivity index is 1.72. The molecule has 4 heterocycles. The normalized spacial score (nSPS) is 19.5. The van der Waals surface area contributed by atoms with E-state index in [9.17, 15) is 18.0 Å². The van der Waals surface area contributed by atoms with Crippen molar-refractivity contribution >= 4 is 11.7 Å². The number of hydrogen-bond donors (Lipinski definition) is 1. The fourth-order valence-electron chi connectivity index (χ4n) is 4.55. The number of fused-ring (bicyclic) bond motifs is 7. The average molecular weight is 536 g/mol. The number of ether oxygens (including phenoxy) is 2. The van der Waals surface area contributed by atoms with Gasteiger partial charge in [-0.25, -0.2) is 19.3 Å². The number of alkyl halides is 3. The maximum Gasteiger partial charge on any atom is 0.389 e. The molecule has 4 bridgehead atoms. The first kappa shape index (κ1) is 27.4. The van der Waals surface area contributed by atoms with Gasteiger partial charge in [-0.1, -0.05) is 6.42 Å². The topological polar surface area (TPSA) is 107 Å². The van der Waals surface area contributed by atoms with Crippen LogP contribution < -0.4 is 14.8 Å². The first-order valence-corrected chi connectivity index (χ1v) is 12.7. The summed E-state index contributed by atoms with van der Waals surface area (Å²) >= 11 is 0. The third-order valence-corrected chi connectivity index (χ3v) is 6.65. The number of carbonyl (C=O) groups is 1. The second-order valence-electron chi connectivity index (χ2n) is 9.23. The van der Waals surface area contributed by atoms with Gasteiger partial charge in [0.25, 0.3) is 5.88 Å². The van der Waals surface area contributed by atoms with Crippen molar-refractivity contribution in [2.75, 3.05) is 20.3 Å². The van der Waals surface area contributed by atoms with Crippen molar-refractivity contribution in [1.82, 2.24) is 34.8 Å². The van der Waals surface area contributed by atoms with Crippen molar-refractivity contribution < 1.29 is 27.4 Å². The Morgan fingerprint density at radius 1 is 1.24 bits per heavy atom. The Morgan fingerprint density at radius 3 is 2.79 bits per heavy atom. The predicted molar refractivity (Wildman–Crippen MR) is 133 cm³/mol. The van der Waals surface area contributed by atoms with Crippen LogP contribution in [0.25, 0.3) is 16.9 Å². The number of hydrogen-bond acceptors (Lipinski definition) is 7. The van der Waals surface area contributed by atoms with Gasteiger partial charge < -0.3 is 19.7 Å². The highest BCUT2D eigenvalue weighted by Crippen LogP contribution is 2.33. The van der Waals surface area contributed by atoms with E-state index in [4.69, 9.17) is 9.47 Å². The first-order valence-electron chi connectivity index (χ1n) is 12.7. The molecule has 1 aliphatic heterocycles. The van der Waals surface area contributed by atoms with Crippen LogP contribution in [0.1, 0.15) is 64.1 Å². The van der Waals surface area contributed by atoms with E-state index in [1.54, 1.807) is 27.9 Å². The molecule has 0 saturated heterocycles. The van der Waals surface area contributed by atoms with Crippen molar-refractivity contribution in [3.05, 3.63) is 30.5 Å². The van der Waals surface area contributed by atoms with Crippen LogP contribution in [0, 0.1) is 0 Å². The van der Waals surface area contributed by atoms with Gasteiger partial charge in [0.1, 0.15) is 12.1 Å². The van der Waals surface area contributed by atoms with Crippen LogP contribution >= 0.6 is 0 Å². The Morgan fingerprint density at radius 2 is 2.05 bits per heavy atom. The van der Waals surface area contributed by atoms with E-state index in [1.807, 2.05) is 13.8 Å². The molecule has 0 aromatic carbocycles. The second kappa shape index (κ2) is 11.8. The molecule has 38 heavy (non-hydrogen) atoms. The van der Waals surface area contributed by atoms with Gasteiger partial charge in [0.2, 0.25) is 5.65 Å². The van der Waals surface area contributed by atoms with Gasteiger partial charge in [-0.05, 0) is 45.6 Å². The van der Waals surface area contributed by atoms with Crippen molar-refractivity contribution in [3.63, 3.8) is 0 Å². The van der Waals surface area contributed by atoms with E-state index in [1.165, 1.54) is 13.4 Å². The highest BCUT2D eigenvalue weighted by atomic mass is 19.4. The number of halogens is 3. The van der Waals surface area contributed by atoms with E-state index >= 15 is 0 Å². The fourth-order valence-corrected chi connectivity index (χ4v) is 4.55. The van der Waals surface area contributed by atoms with Crippen LogP contribution in [0.5, 0.6) is 11.6 Å². The molecule has 2 atom stereocenters. The molecule has 4 rings (SSSR count). The van der Waals surface area contributed by atoms with E-state index in [0.717, 1.165) is 0 Å². The summed E-state index contributed by atoms with van der Waals surface area (Å²) in [5, 5.41) is 7.08. The lowest BCUT2D eigenvalue weighted by atomic mass is 10.0. The Labute approximate surface area is 218 Å². The minimum atomic E-state index is -4.29. The lowest BCUT2D eigenvalue weighted by molar-refractivity contribution is -0.136. The fraction of sp³-hybridized carbons (Fsp3) is 0.560. The zero-order valence-corrected chi connectivity index (χ0v) is 21.7. The zero-order valence-electron chi connectivity index (χ0n) is 21.7. The summed E-state index contributed by atoms with van der Waals surface area (Å²) < 4.78 is 52.0. The van der Waals surface area contributed by atoms with Gasteiger partial charge in [-0.15, -0.1) is 0 Å². The van der Waals surface area contributed by atoms with E-state index in [-0.39, 0.29) is 6.42 Å². The van der Waals surface area contributed by atoms with Crippen molar-refractivity contribution in [2.45, 2.75) is 70.6 Å². The van der Waals surface area contributed by atoms with Gasteiger partial charge >= 0.3 is 12.2 Å². The van der Waals surface area contributed by atoms with Gasteiger partial charge in [0, 0.05) is 24.6 Å². The van der Waals surface area contributed by atoms with Crippen LogP contribution in [0.2, 0.25) is 0 Å². The number of aromatic nitrogens is 5. The average Bonchev–Trinajstić information content (AvgIpc) is 3.37. The third kappa shape index (κ3) is 6.43. The maximum absolute atomic E-state index is 13.2. The summed E-state index contributed by atoms with van der Waals surface area (Å²) in [7, 11) is 1.53. The predicted octanol–water partition coefficient (Wildman–Crippen LogP) is 4.95. The highest BCUT2D eigenvalue weighted by Gasteiger charge is 2.30. The van der Waals surface area contributed by atoms with Gasteiger partial charge in [-0.3, -0.25) is 4.98 Å². The lowest BCUT2D eigenvalue weighted by Gasteiger charge is -2.30. The lowest BCUT2D eigenvalue weighted by Crippen LogP contribution is -2.46. The van der Waals surface area contributed by atoms with Crippen LogP contribution in [0.4, 0.5) is 18.0 Å². The van der Waals surface area contributed by atoms with Crippen LogP contribution in [-0.2, 0) is 0 Å². The summed E-state index contributed by atoms with van der Waals surface area (Å²) in [4.78, 5) is 28.2. The standard InChI is InChI=1S/C25H32F3N7O3/c1-4-34-16(2)19-12-18(21(37-3)13-29-19)20-14-35-22(30-15-31-35)23(33-20)38-11-7-5-6-8-17(32-24(34)36)9-10-25(26,27)28/h12-17H,4-11H2,1-3H3,(H,32,36)/t16-,17-/m1/s1. The molecule has 3 aromatic heterocycles. The van der Waals surface area contributed by atoms with E-state index < -0.39 is 30.7 Å². The molecule has 1 aliphatic rings. The summed E-state index contributed by atoms with van der Waals surface area (Å²) in [6, 6.07) is 0.277. The summed E-state index contributed by atoms with van der Waals surface area (Å²) in [5.74, 6) is 0.782. The van der Waals surface area contributed by atoms with Crippen molar-refractivity contribution in [3.8, 4) is 22.9 Å². The Kier molecular flexibility index (Phi) is 8.52. The maximum atomic E-state index is 13.2. The minimum absolute atomic E-state index is 0.177. The third-order valence-electron chi connectivity index (χ3n) is 6.65. The smallest absolute Gasteiger partial charge is 0.389 e. The minimum Gasteiger partial charge on any atom is -0.494 e. The summed E-state index contributed by atoms with van der Waals surface area (Å²) in [6.45, 7) is 4.32. The van der Waals surface area contributed by atoms with Crippen molar-refractivity contribution in [1.29, 1.82) is 0 Å². The number of amides is 2. The Bertz CT molecular complexity index is 1250. The number of urea groups is 1. The largest absolute Gasteiger partial charge is 0.494 e. The molecular weight excluding hydrogens is 503 g/mol. The van der Waals surface area contributed by atoms with Gasteiger partial charge in [0.15, 0.2) is 0 Å². The van der Waals surface area contributed by atoms with Crippen molar-refractivity contribution in [2.24, 2.45) is 0 Å². The van der Waals surface area contributed by atoms with Gasteiger partial charge in [-0.2, -0.15) is 18.3 Å². The van der Waals surface area contributed by atoms with Crippen LogP contribution in [0.15, 0.2) is 24.8 Å². The second-order valence-corrected chi connectivity index (χ2v) is 9.23. The number of methoxy groups -OCH3 is 1. The van der Waals surface area contributed by atoms with Gasteiger partial charge in [0.05, 0.1) is 43.5 Å². The number of pyridine rings is 1. The number of carbonyl (C=O) groups excluding carboxylic acids is 1. The highest BCUT2D eigenvalue weighted by molar-refractivity contribution is 5.75. The zero-order chi connectivity index (χ0) is 27.3. The molecule has 0 spiro atoms. The molecule has 0 unspecified atom stereocenters. The van der Waals surface area contributed by atoms with E-state index in [0.29, 0.717) is 73.1 Å². The molecule has 0 fully saturated rings. The quantitative estimate of drug-likeness (QED) is 0.504. The van der Waals surface area contributed by atoms with E-state index in [2.05, 4.69) is 25.4 Å². The molecule has 10 nitrogen and oxygen atoms in total. The molecule has 0 aliphatic carbocycles. The summed E-state index contributed by atoms with van der Waals surface area (Å²) in [5.41, 5.74) is 2.18. The first-order chi connectivity index (χ1) is 18.2. The number of nitrogens with zero attached hydrogens (tertiary/aromatic N) is 6. The molecular formula is C25H32F3N7O3. The molecule has 0 saturated carbocycles. The monoisotopic (exact) mass is 535 g/mol. The molecule has 13 heteroatoms.